The van der Waals surface area contributed by atoms with Crippen LogP contribution in [0.3, 0.4) is 0 Å². The standard InChI is InChI=1S/C7H14N4S/c1-11-4-2-3-6(5-11)9-10-7(8)12/h2-5H2,1H3,(H3,8,10,12). The van der Waals surface area contributed by atoms with E-state index >= 15 is 0 Å². The summed E-state index contributed by atoms with van der Waals surface area (Å²) in [5.41, 5.74) is 8.97. The van der Waals surface area contributed by atoms with Crippen LogP contribution in [0, 0.1) is 0 Å². The van der Waals surface area contributed by atoms with Gasteiger partial charge in [0.1, 0.15) is 0 Å². The number of likely N-dealkylation sites (tertiary alicyclic amines) is 1. The van der Waals surface area contributed by atoms with Crippen molar-refractivity contribution in [2.45, 2.75) is 12.8 Å². The lowest BCUT2D eigenvalue weighted by Gasteiger charge is -2.22. The number of hydrazone groups is 1. The van der Waals surface area contributed by atoms with Gasteiger partial charge in [0, 0.05) is 6.54 Å². The predicted octanol–water partition coefficient (Wildman–Crippen LogP) is -0.0988. The fraction of sp³-hybridized carbons (Fsp3) is 0.714. The van der Waals surface area contributed by atoms with E-state index < -0.39 is 0 Å². The number of hydrogen-bond acceptors (Lipinski definition) is 3. The molecule has 0 radical (unpaired) electrons. The van der Waals surface area contributed by atoms with E-state index in [-0.39, 0.29) is 5.11 Å². The zero-order valence-electron chi connectivity index (χ0n) is 7.21. The third-order valence-electron chi connectivity index (χ3n) is 1.78. The molecule has 0 aliphatic carbocycles. The Labute approximate surface area is 77.8 Å². The topological polar surface area (TPSA) is 53.6 Å². The summed E-state index contributed by atoms with van der Waals surface area (Å²) >= 11 is 4.64. The molecule has 0 bridgehead atoms. The fourth-order valence-corrected chi connectivity index (χ4v) is 1.29. The van der Waals surface area contributed by atoms with Gasteiger partial charge < -0.3 is 10.6 Å². The van der Waals surface area contributed by atoms with E-state index in [1.54, 1.807) is 0 Å². The molecule has 0 aromatic rings. The second-order valence-corrected chi connectivity index (χ2v) is 3.44. The quantitative estimate of drug-likeness (QED) is 0.443. The van der Waals surface area contributed by atoms with Gasteiger partial charge in [-0.25, -0.2) is 0 Å². The van der Waals surface area contributed by atoms with Crippen molar-refractivity contribution in [1.82, 2.24) is 10.3 Å². The Morgan fingerprint density at radius 2 is 2.50 bits per heavy atom. The molecule has 68 valence electrons. The molecule has 1 fully saturated rings. The van der Waals surface area contributed by atoms with Crippen LogP contribution in [-0.2, 0) is 0 Å². The highest BCUT2D eigenvalue weighted by atomic mass is 32.1. The molecule has 1 saturated heterocycles. The molecule has 1 rings (SSSR count). The van der Waals surface area contributed by atoms with Crippen molar-refractivity contribution in [3.8, 4) is 0 Å². The van der Waals surface area contributed by atoms with Gasteiger partial charge in [-0.15, -0.1) is 0 Å². The number of rotatable bonds is 1. The third kappa shape index (κ3) is 3.15. The van der Waals surface area contributed by atoms with Crippen molar-refractivity contribution in [2.24, 2.45) is 10.8 Å². The highest BCUT2D eigenvalue weighted by Crippen LogP contribution is 2.03. The highest BCUT2D eigenvalue weighted by molar-refractivity contribution is 7.80. The van der Waals surface area contributed by atoms with Crippen LogP contribution in [0.15, 0.2) is 5.10 Å². The highest BCUT2D eigenvalue weighted by Gasteiger charge is 2.10. The number of nitrogens with zero attached hydrogens (tertiary/aromatic N) is 2. The van der Waals surface area contributed by atoms with E-state index in [4.69, 9.17) is 5.73 Å². The Kier molecular flexibility index (Phi) is 3.43. The number of thiocarbonyl (C=S) groups is 1. The number of nitrogens with two attached hydrogens (primary N) is 1. The largest absolute Gasteiger partial charge is 0.375 e. The average molecular weight is 186 g/mol. The van der Waals surface area contributed by atoms with Crippen LogP contribution in [-0.4, -0.2) is 35.9 Å². The minimum Gasteiger partial charge on any atom is -0.375 e. The van der Waals surface area contributed by atoms with Gasteiger partial charge in [-0.05, 0) is 38.7 Å². The molecule has 0 atom stereocenters. The summed E-state index contributed by atoms with van der Waals surface area (Å²) in [5.74, 6) is 0. The zero-order valence-corrected chi connectivity index (χ0v) is 8.02. The fourth-order valence-electron chi connectivity index (χ4n) is 1.25. The van der Waals surface area contributed by atoms with Crippen LogP contribution >= 0.6 is 12.2 Å². The summed E-state index contributed by atoms with van der Waals surface area (Å²) in [7, 11) is 2.08. The first-order valence-corrected chi connectivity index (χ1v) is 4.39. The SMILES string of the molecule is CN1CCCC(=NNC(N)=S)C1. The molecule has 0 amide bonds. The monoisotopic (exact) mass is 186 g/mol. The normalized spacial score (nSPS) is 22.6. The van der Waals surface area contributed by atoms with Crippen LogP contribution in [0.2, 0.25) is 0 Å². The van der Waals surface area contributed by atoms with E-state index in [1.807, 2.05) is 0 Å². The first kappa shape index (κ1) is 9.41. The maximum Gasteiger partial charge on any atom is 0.184 e. The molecule has 3 N–H and O–H groups in total. The maximum atomic E-state index is 5.24. The lowest BCUT2D eigenvalue weighted by molar-refractivity contribution is 0.354. The molecule has 1 aliphatic heterocycles. The first-order chi connectivity index (χ1) is 5.68. The summed E-state index contributed by atoms with van der Waals surface area (Å²) in [6.45, 7) is 2.06. The molecular weight excluding hydrogens is 172 g/mol. The molecule has 5 heteroatoms. The summed E-state index contributed by atoms with van der Waals surface area (Å²) in [6, 6.07) is 0. The molecule has 0 aromatic heterocycles. The van der Waals surface area contributed by atoms with Gasteiger partial charge in [0.05, 0.1) is 5.71 Å². The number of hydrogen-bond donors (Lipinski definition) is 2. The van der Waals surface area contributed by atoms with Crippen molar-refractivity contribution < 1.29 is 0 Å². The van der Waals surface area contributed by atoms with Gasteiger partial charge in [-0.1, -0.05) is 0 Å². The van der Waals surface area contributed by atoms with E-state index in [2.05, 4.69) is 34.7 Å². The molecule has 0 aromatic carbocycles. The lowest BCUT2D eigenvalue weighted by atomic mass is 10.1. The van der Waals surface area contributed by atoms with Crippen LogP contribution in [0.5, 0.6) is 0 Å². The van der Waals surface area contributed by atoms with Gasteiger partial charge in [-0.2, -0.15) is 5.10 Å². The number of piperidine rings is 1. The van der Waals surface area contributed by atoms with Crippen LogP contribution in [0.25, 0.3) is 0 Å². The second-order valence-electron chi connectivity index (χ2n) is 3.00. The summed E-state index contributed by atoms with van der Waals surface area (Å²) in [4.78, 5) is 2.23. The summed E-state index contributed by atoms with van der Waals surface area (Å²) < 4.78 is 0. The Hall–Kier alpha value is -0.680. The summed E-state index contributed by atoms with van der Waals surface area (Å²) in [5, 5.41) is 4.32. The average Bonchev–Trinajstić information content (AvgIpc) is 2.01. The Morgan fingerprint density at radius 3 is 3.08 bits per heavy atom. The van der Waals surface area contributed by atoms with Gasteiger partial charge in [0.15, 0.2) is 5.11 Å². The van der Waals surface area contributed by atoms with Crippen LogP contribution in [0.4, 0.5) is 0 Å². The van der Waals surface area contributed by atoms with Gasteiger partial charge >= 0.3 is 0 Å². The number of nitrogens with one attached hydrogen (secondary N) is 1. The predicted molar refractivity (Wildman–Crippen MR) is 54.1 cm³/mol. The minimum atomic E-state index is 0.232. The zero-order chi connectivity index (χ0) is 8.97. The maximum absolute atomic E-state index is 5.24. The lowest BCUT2D eigenvalue weighted by Crippen LogP contribution is -2.34. The molecule has 4 nitrogen and oxygen atoms in total. The molecule has 1 aliphatic rings. The van der Waals surface area contributed by atoms with E-state index in [1.165, 1.54) is 0 Å². The van der Waals surface area contributed by atoms with Crippen molar-refractivity contribution in [3.05, 3.63) is 0 Å². The third-order valence-corrected chi connectivity index (χ3v) is 1.87. The van der Waals surface area contributed by atoms with Crippen molar-refractivity contribution in [2.75, 3.05) is 20.1 Å². The van der Waals surface area contributed by atoms with Crippen molar-refractivity contribution >= 4 is 23.0 Å². The molecule has 0 unspecified atom stereocenters. The van der Waals surface area contributed by atoms with Crippen molar-refractivity contribution in [3.63, 3.8) is 0 Å². The van der Waals surface area contributed by atoms with Crippen molar-refractivity contribution in [1.29, 1.82) is 0 Å². The van der Waals surface area contributed by atoms with Crippen LogP contribution < -0.4 is 11.2 Å². The van der Waals surface area contributed by atoms with E-state index in [0.717, 1.165) is 31.6 Å². The molecule has 0 spiro atoms. The smallest absolute Gasteiger partial charge is 0.184 e. The van der Waals surface area contributed by atoms with E-state index in [0.29, 0.717) is 0 Å². The van der Waals surface area contributed by atoms with Gasteiger partial charge in [0.25, 0.3) is 0 Å². The summed E-state index contributed by atoms with van der Waals surface area (Å²) in [6.07, 6.45) is 2.20. The van der Waals surface area contributed by atoms with Gasteiger partial charge in [-0.3, -0.25) is 5.43 Å². The Bertz CT molecular complexity index is 202. The molecular formula is C7H14N4S. The van der Waals surface area contributed by atoms with Crippen LogP contribution in [0.1, 0.15) is 12.8 Å². The van der Waals surface area contributed by atoms with Gasteiger partial charge in [0.2, 0.25) is 0 Å². The molecule has 12 heavy (non-hydrogen) atoms. The molecule has 1 heterocycles. The molecule has 0 saturated carbocycles. The Morgan fingerprint density at radius 1 is 1.75 bits per heavy atom. The Balaban J connectivity index is 2.39. The first-order valence-electron chi connectivity index (χ1n) is 3.98. The van der Waals surface area contributed by atoms with E-state index in [9.17, 15) is 0 Å². The minimum absolute atomic E-state index is 0.232. The second kappa shape index (κ2) is 4.37.